The van der Waals surface area contributed by atoms with Crippen LogP contribution in [-0.4, -0.2) is 52.4 Å². The number of carbonyl (C=O) groups is 1. The van der Waals surface area contributed by atoms with E-state index in [1.807, 2.05) is 45.7 Å². The first-order chi connectivity index (χ1) is 21.0. The van der Waals surface area contributed by atoms with Gasteiger partial charge in [0, 0.05) is 35.5 Å². The Morgan fingerprint density at radius 3 is 2.66 bits per heavy atom. The lowest BCUT2D eigenvalue weighted by molar-refractivity contribution is 0.0204. The molecule has 4 aromatic rings. The van der Waals surface area contributed by atoms with Crippen LogP contribution in [0.4, 0.5) is 16.4 Å². The van der Waals surface area contributed by atoms with Crippen molar-refractivity contribution in [1.29, 1.82) is 0 Å². The Labute approximate surface area is 263 Å². The van der Waals surface area contributed by atoms with Crippen molar-refractivity contribution in [3.63, 3.8) is 0 Å². The lowest BCUT2D eigenvalue weighted by Crippen LogP contribution is -2.41. The second-order valence-electron chi connectivity index (χ2n) is 13.1. The number of fused-ring (bicyclic) bond motifs is 2. The molecule has 0 bridgehead atoms. The summed E-state index contributed by atoms with van der Waals surface area (Å²) in [6.45, 7) is 16.1. The number of aromatic nitrogens is 2. The summed E-state index contributed by atoms with van der Waals surface area (Å²) < 4.78 is 19.0. The standard InChI is InChI=1S/C35H42N4O4S/c1-20(2)42-28-18-26(23-11-14-39(15-12-23)34(40)43-35(5,6)7)21(3)17-27(28)37-33-36-19-29-31(38-33)30(22(4)44-29)25-10-8-9-24-13-16-41-32(24)25/h8-10,17-20,23H,11-16H2,1-7H3,(H,36,37,38). The molecular formula is C35H42N4O4S. The number of rotatable bonds is 6. The Hall–Kier alpha value is -3.85. The van der Waals surface area contributed by atoms with E-state index in [2.05, 4.69) is 54.5 Å². The highest BCUT2D eigenvalue weighted by molar-refractivity contribution is 7.19. The van der Waals surface area contributed by atoms with Gasteiger partial charge < -0.3 is 24.4 Å². The summed E-state index contributed by atoms with van der Waals surface area (Å²) >= 11 is 1.70. The van der Waals surface area contributed by atoms with Crippen molar-refractivity contribution in [2.24, 2.45) is 0 Å². The fourth-order valence-corrected chi connectivity index (χ4v) is 7.20. The third-order valence-electron chi connectivity index (χ3n) is 8.15. The van der Waals surface area contributed by atoms with Crippen LogP contribution in [0.25, 0.3) is 21.3 Å². The molecule has 8 nitrogen and oxygen atoms in total. The minimum absolute atomic E-state index is 0.00479. The van der Waals surface area contributed by atoms with Crippen LogP contribution in [0.2, 0.25) is 0 Å². The van der Waals surface area contributed by atoms with Gasteiger partial charge in [-0.05, 0) is 96.0 Å². The summed E-state index contributed by atoms with van der Waals surface area (Å²) in [7, 11) is 0. The van der Waals surface area contributed by atoms with E-state index in [-0.39, 0.29) is 12.2 Å². The second-order valence-corrected chi connectivity index (χ2v) is 14.3. The third kappa shape index (κ3) is 6.20. The van der Waals surface area contributed by atoms with Crippen LogP contribution in [0.15, 0.2) is 36.5 Å². The molecule has 1 amide bonds. The van der Waals surface area contributed by atoms with E-state index in [0.717, 1.165) is 57.8 Å². The van der Waals surface area contributed by atoms with Gasteiger partial charge in [-0.15, -0.1) is 11.3 Å². The molecule has 0 aliphatic carbocycles. The molecule has 4 heterocycles. The van der Waals surface area contributed by atoms with Crippen LogP contribution in [0.3, 0.4) is 0 Å². The normalized spacial score (nSPS) is 15.4. The highest BCUT2D eigenvalue weighted by Crippen LogP contribution is 2.45. The smallest absolute Gasteiger partial charge is 0.410 e. The highest BCUT2D eigenvalue weighted by atomic mass is 32.1. The van der Waals surface area contributed by atoms with E-state index in [4.69, 9.17) is 19.2 Å². The Bertz CT molecular complexity index is 1700. The molecule has 1 fully saturated rings. The fraction of sp³-hybridized carbons (Fsp3) is 0.457. The quantitative estimate of drug-likeness (QED) is 0.233. The number of nitrogens with zero attached hydrogens (tertiary/aromatic N) is 3. The van der Waals surface area contributed by atoms with Crippen molar-refractivity contribution in [2.75, 3.05) is 25.0 Å². The molecule has 2 aromatic heterocycles. The summed E-state index contributed by atoms with van der Waals surface area (Å²) in [4.78, 5) is 25.3. The van der Waals surface area contributed by atoms with E-state index in [1.165, 1.54) is 21.6 Å². The molecule has 0 unspecified atom stereocenters. The first-order valence-electron chi connectivity index (χ1n) is 15.5. The molecule has 0 spiro atoms. The molecule has 1 saturated heterocycles. The number of nitrogens with one attached hydrogen (secondary N) is 1. The van der Waals surface area contributed by atoms with Gasteiger partial charge in [-0.3, -0.25) is 0 Å². The van der Waals surface area contributed by atoms with E-state index in [9.17, 15) is 4.79 Å². The minimum Gasteiger partial charge on any atom is -0.492 e. The summed E-state index contributed by atoms with van der Waals surface area (Å²) in [6, 6.07) is 10.7. The van der Waals surface area contributed by atoms with Gasteiger partial charge in [0.1, 0.15) is 17.1 Å². The highest BCUT2D eigenvalue weighted by Gasteiger charge is 2.29. The molecular weight excluding hydrogens is 572 g/mol. The zero-order valence-corrected chi connectivity index (χ0v) is 27.6. The zero-order chi connectivity index (χ0) is 31.2. The number of benzene rings is 2. The molecule has 0 atom stereocenters. The van der Waals surface area contributed by atoms with Crippen LogP contribution >= 0.6 is 11.3 Å². The number of carbonyl (C=O) groups excluding carboxylic acids is 1. The summed E-state index contributed by atoms with van der Waals surface area (Å²) in [5.74, 6) is 2.60. The van der Waals surface area contributed by atoms with Crippen LogP contribution in [-0.2, 0) is 11.2 Å². The Morgan fingerprint density at radius 1 is 1.16 bits per heavy atom. The molecule has 44 heavy (non-hydrogen) atoms. The predicted molar refractivity (Wildman–Crippen MR) is 177 cm³/mol. The third-order valence-corrected chi connectivity index (χ3v) is 9.18. The van der Waals surface area contributed by atoms with E-state index < -0.39 is 5.60 Å². The number of anilines is 2. The van der Waals surface area contributed by atoms with Gasteiger partial charge in [-0.2, -0.15) is 0 Å². The van der Waals surface area contributed by atoms with Crippen LogP contribution in [0, 0.1) is 13.8 Å². The largest absolute Gasteiger partial charge is 0.492 e. The number of amides is 1. The fourth-order valence-electron chi connectivity index (χ4n) is 6.21. The molecule has 2 aromatic carbocycles. The molecule has 0 saturated carbocycles. The maximum absolute atomic E-state index is 12.6. The van der Waals surface area contributed by atoms with Crippen molar-refractivity contribution in [3.05, 3.63) is 58.1 Å². The maximum atomic E-state index is 12.6. The van der Waals surface area contributed by atoms with Crippen LogP contribution < -0.4 is 14.8 Å². The SMILES string of the molecule is Cc1cc(Nc2ncc3sc(C)c(-c4cccc5c4OCC5)c3n2)c(OC(C)C)cc1C1CCN(C(=O)OC(C)(C)C)CC1. The average Bonchev–Trinajstić information content (AvgIpc) is 3.57. The van der Waals surface area contributed by atoms with Crippen LogP contribution in [0.5, 0.6) is 11.5 Å². The Kier molecular flexibility index (Phi) is 8.18. The summed E-state index contributed by atoms with van der Waals surface area (Å²) in [5, 5.41) is 3.48. The number of ether oxygens (including phenoxy) is 3. The monoisotopic (exact) mass is 614 g/mol. The van der Waals surface area contributed by atoms with Crippen molar-refractivity contribution in [1.82, 2.24) is 14.9 Å². The van der Waals surface area contributed by atoms with Crippen molar-refractivity contribution in [2.45, 2.75) is 85.4 Å². The number of likely N-dealkylation sites (tertiary alicyclic amines) is 1. The molecule has 2 aliphatic rings. The topological polar surface area (TPSA) is 85.8 Å². The molecule has 0 radical (unpaired) electrons. The van der Waals surface area contributed by atoms with Crippen LogP contribution in [0.1, 0.15) is 74.9 Å². The van der Waals surface area contributed by atoms with Gasteiger partial charge in [0.25, 0.3) is 0 Å². The van der Waals surface area contributed by atoms with Crippen molar-refractivity contribution in [3.8, 4) is 22.6 Å². The second kappa shape index (κ2) is 11.9. The van der Waals surface area contributed by atoms with Gasteiger partial charge in [-0.1, -0.05) is 18.2 Å². The maximum Gasteiger partial charge on any atom is 0.410 e. The van der Waals surface area contributed by atoms with Crippen molar-refractivity contribution < 1.29 is 19.0 Å². The Balaban J connectivity index is 1.28. The lowest BCUT2D eigenvalue weighted by atomic mass is 9.86. The number of piperidine rings is 1. The van der Waals surface area contributed by atoms with Gasteiger partial charge in [0.05, 0.1) is 34.8 Å². The van der Waals surface area contributed by atoms with Gasteiger partial charge in [-0.25, -0.2) is 14.8 Å². The minimum atomic E-state index is -0.496. The number of para-hydroxylation sites is 1. The lowest BCUT2D eigenvalue weighted by Gasteiger charge is -2.34. The molecule has 1 N–H and O–H groups in total. The average molecular weight is 615 g/mol. The van der Waals surface area contributed by atoms with E-state index in [0.29, 0.717) is 31.6 Å². The number of thiophene rings is 1. The van der Waals surface area contributed by atoms with Gasteiger partial charge in [0.15, 0.2) is 0 Å². The number of aryl methyl sites for hydroxylation is 2. The first-order valence-corrected chi connectivity index (χ1v) is 16.4. The molecule has 2 aliphatic heterocycles. The Morgan fingerprint density at radius 2 is 1.93 bits per heavy atom. The van der Waals surface area contributed by atoms with Gasteiger partial charge in [0.2, 0.25) is 5.95 Å². The first kappa shape index (κ1) is 30.2. The molecule has 6 rings (SSSR count). The molecule has 9 heteroatoms. The predicted octanol–water partition coefficient (Wildman–Crippen LogP) is 8.56. The van der Waals surface area contributed by atoms with Crippen molar-refractivity contribution >= 4 is 39.3 Å². The number of hydrogen-bond acceptors (Lipinski definition) is 8. The number of hydrogen-bond donors (Lipinski definition) is 1. The molecule has 232 valence electrons. The summed E-state index contributed by atoms with van der Waals surface area (Å²) in [6.07, 6.45) is 4.35. The van der Waals surface area contributed by atoms with Gasteiger partial charge >= 0.3 is 6.09 Å². The van der Waals surface area contributed by atoms with E-state index in [1.54, 1.807) is 11.3 Å². The summed E-state index contributed by atoms with van der Waals surface area (Å²) in [5.41, 5.74) is 7.13. The van der Waals surface area contributed by atoms with E-state index >= 15 is 0 Å². The zero-order valence-electron chi connectivity index (χ0n) is 26.7.